The number of amides is 1. The minimum absolute atomic E-state index is 0.247. The normalized spacial score (nSPS) is 10.6. The van der Waals surface area contributed by atoms with Crippen LogP contribution in [-0.4, -0.2) is 30.0 Å². The first-order valence-corrected chi connectivity index (χ1v) is 7.57. The zero-order valence-electron chi connectivity index (χ0n) is 13.5. The van der Waals surface area contributed by atoms with Gasteiger partial charge < -0.3 is 15.2 Å². The number of carbonyl (C=O) groups is 1. The van der Waals surface area contributed by atoms with Gasteiger partial charge in [0.2, 0.25) is 0 Å². The van der Waals surface area contributed by atoms with E-state index in [9.17, 15) is 9.59 Å². The van der Waals surface area contributed by atoms with Crippen LogP contribution in [0.1, 0.15) is 16.1 Å². The monoisotopic (exact) mass is 322 g/mol. The van der Waals surface area contributed by atoms with E-state index < -0.39 is 0 Å². The number of anilines is 1. The molecule has 24 heavy (non-hydrogen) atoms. The van der Waals surface area contributed by atoms with E-state index in [2.05, 4.69) is 15.3 Å². The maximum absolute atomic E-state index is 12.3. The van der Waals surface area contributed by atoms with Crippen LogP contribution in [0.2, 0.25) is 0 Å². The fourth-order valence-electron chi connectivity index (χ4n) is 2.40. The van der Waals surface area contributed by atoms with E-state index in [-0.39, 0.29) is 17.2 Å². The number of H-pyrrole nitrogens is 1. The number of hydrogen-bond donors (Lipinski definition) is 2. The molecule has 2 aromatic heterocycles. The van der Waals surface area contributed by atoms with Crippen LogP contribution in [0.4, 0.5) is 5.82 Å². The van der Waals surface area contributed by atoms with Crippen LogP contribution >= 0.6 is 0 Å². The van der Waals surface area contributed by atoms with E-state index in [1.165, 1.54) is 0 Å². The first kappa shape index (κ1) is 15.7. The maximum atomic E-state index is 12.3. The molecule has 1 aromatic carbocycles. The molecule has 3 aromatic rings. The van der Waals surface area contributed by atoms with Gasteiger partial charge in [0.1, 0.15) is 11.5 Å². The van der Waals surface area contributed by atoms with Gasteiger partial charge in [-0.15, -0.1) is 0 Å². The second-order valence-electron chi connectivity index (χ2n) is 5.70. The van der Waals surface area contributed by atoms with Gasteiger partial charge in [-0.2, -0.15) is 0 Å². The number of carbonyl (C=O) groups excluding carboxylic acids is 1. The topological polar surface area (TPSA) is 78.1 Å². The summed E-state index contributed by atoms with van der Waals surface area (Å²) in [6.07, 6.45) is 1.72. The zero-order valence-corrected chi connectivity index (χ0v) is 13.5. The Morgan fingerprint density at radius 1 is 1.21 bits per heavy atom. The summed E-state index contributed by atoms with van der Waals surface area (Å²) >= 11 is 0. The van der Waals surface area contributed by atoms with Crippen LogP contribution < -0.4 is 15.8 Å². The molecule has 0 atom stereocenters. The molecule has 0 unspecified atom stereocenters. The van der Waals surface area contributed by atoms with Gasteiger partial charge in [0, 0.05) is 32.2 Å². The molecule has 2 heterocycles. The molecule has 1 amide bonds. The number of pyridine rings is 2. The van der Waals surface area contributed by atoms with Crippen LogP contribution in [0.25, 0.3) is 10.8 Å². The molecule has 0 aliphatic heterocycles. The smallest absolute Gasteiger partial charge is 0.268 e. The summed E-state index contributed by atoms with van der Waals surface area (Å²) in [4.78, 5) is 33.1. The molecular weight excluding hydrogens is 304 g/mol. The summed E-state index contributed by atoms with van der Waals surface area (Å²) < 4.78 is 0. The number of benzene rings is 1. The number of nitrogens with one attached hydrogen (secondary N) is 2. The van der Waals surface area contributed by atoms with Gasteiger partial charge in [0.25, 0.3) is 11.5 Å². The third-order valence-electron chi connectivity index (χ3n) is 3.72. The van der Waals surface area contributed by atoms with Crippen molar-refractivity contribution in [2.24, 2.45) is 0 Å². The van der Waals surface area contributed by atoms with Crippen molar-refractivity contribution in [3.63, 3.8) is 0 Å². The highest BCUT2D eigenvalue weighted by molar-refractivity contribution is 5.96. The van der Waals surface area contributed by atoms with Crippen LogP contribution in [0.5, 0.6) is 0 Å². The highest BCUT2D eigenvalue weighted by Crippen LogP contribution is 2.10. The van der Waals surface area contributed by atoms with Gasteiger partial charge in [-0.1, -0.05) is 24.3 Å². The minimum atomic E-state index is -0.325. The Morgan fingerprint density at radius 3 is 2.71 bits per heavy atom. The zero-order chi connectivity index (χ0) is 17.1. The molecule has 0 fully saturated rings. The third-order valence-corrected chi connectivity index (χ3v) is 3.72. The predicted octanol–water partition coefficient (Wildman–Crippen LogP) is 1.92. The molecule has 2 N–H and O–H groups in total. The summed E-state index contributed by atoms with van der Waals surface area (Å²) in [5, 5.41) is 4.10. The van der Waals surface area contributed by atoms with E-state index in [0.29, 0.717) is 11.9 Å². The van der Waals surface area contributed by atoms with Crippen molar-refractivity contribution in [2.75, 3.05) is 19.0 Å². The second-order valence-corrected chi connectivity index (χ2v) is 5.70. The Morgan fingerprint density at radius 2 is 2.00 bits per heavy atom. The van der Waals surface area contributed by atoms with Gasteiger partial charge in [-0.25, -0.2) is 4.98 Å². The van der Waals surface area contributed by atoms with E-state index in [4.69, 9.17) is 0 Å². The molecule has 3 rings (SSSR count). The Kier molecular flexibility index (Phi) is 4.29. The predicted molar refractivity (Wildman–Crippen MR) is 94.3 cm³/mol. The molecule has 0 saturated heterocycles. The van der Waals surface area contributed by atoms with E-state index in [1.807, 2.05) is 43.3 Å². The summed E-state index contributed by atoms with van der Waals surface area (Å²) in [6.45, 7) is 0.342. The molecule has 0 bridgehead atoms. The van der Waals surface area contributed by atoms with Crippen LogP contribution in [0.3, 0.4) is 0 Å². The Hall–Kier alpha value is -3.15. The van der Waals surface area contributed by atoms with E-state index in [1.54, 1.807) is 24.4 Å². The van der Waals surface area contributed by atoms with Crippen LogP contribution in [0, 0.1) is 0 Å². The summed E-state index contributed by atoms with van der Waals surface area (Å²) in [7, 11) is 3.83. The number of aromatic nitrogens is 2. The fourth-order valence-corrected chi connectivity index (χ4v) is 2.40. The molecule has 0 radical (unpaired) electrons. The SMILES string of the molecule is CN(C)c1ccc(CNC(=O)c2cc3ccccc3c(=O)[nH]2)cn1. The lowest BCUT2D eigenvalue weighted by Gasteiger charge is -2.11. The molecular formula is C18H18N4O2. The van der Waals surface area contributed by atoms with Crippen molar-refractivity contribution in [1.82, 2.24) is 15.3 Å². The van der Waals surface area contributed by atoms with Gasteiger partial charge in [-0.3, -0.25) is 9.59 Å². The fraction of sp³-hybridized carbons (Fsp3) is 0.167. The maximum Gasteiger partial charge on any atom is 0.268 e. The number of hydrogen-bond acceptors (Lipinski definition) is 4. The van der Waals surface area contributed by atoms with Crippen LogP contribution in [-0.2, 0) is 6.54 Å². The average molecular weight is 322 g/mol. The van der Waals surface area contributed by atoms with Crippen molar-refractivity contribution in [3.8, 4) is 0 Å². The Balaban J connectivity index is 1.74. The number of fused-ring (bicyclic) bond motifs is 1. The number of nitrogens with zero attached hydrogens (tertiary/aromatic N) is 2. The lowest BCUT2D eigenvalue weighted by atomic mass is 10.1. The molecule has 122 valence electrons. The van der Waals surface area contributed by atoms with Crippen molar-refractivity contribution < 1.29 is 4.79 Å². The molecule has 6 nitrogen and oxygen atoms in total. The largest absolute Gasteiger partial charge is 0.363 e. The molecule has 0 aliphatic rings. The first-order chi connectivity index (χ1) is 11.5. The van der Waals surface area contributed by atoms with Crippen molar-refractivity contribution >= 4 is 22.5 Å². The second kappa shape index (κ2) is 6.54. The van der Waals surface area contributed by atoms with Gasteiger partial charge in [0.15, 0.2) is 0 Å². The van der Waals surface area contributed by atoms with Crippen LogP contribution in [0.15, 0.2) is 53.5 Å². The van der Waals surface area contributed by atoms with Crippen molar-refractivity contribution in [1.29, 1.82) is 0 Å². The summed E-state index contributed by atoms with van der Waals surface area (Å²) in [5.41, 5.74) is 0.865. The van der Waals surface area contributed by atoms with E-state index in [0.717, 1.165) is 16.8 Å². The highest BCUT2D eigenvalue weighted by Gasteiger charge is 2.09. The summed E-state index contributed by atoms with van der Waals surface area (Å²) in [5.74, 6) is 0.526. The molecule has 0 aliphatic carbocycles. The molecule has 6 heteroatoms. The molecule has 0 saturated carbocycles. The number of rotatable bonds is 4. The lowest BCUT2D eigenvalue weighted by molar-refractivity contribution is 0.0946. The first-order valence-electron chi connectivity index (χ1n) is 7.57. The quantitative estimate of drug-likeness (QED) is 0.769. The number of aromatic amines is 1. The van der Waals surface area contributed by atoms with Gasteiger partial charge >= 0.3 is 0 Å². The minimum Gasteiger partial charge on any atom is -0.363 e. The highest BCUT2D eigenvalue weighted by atomic mass is 16.2. The van der Waals surface area contributed by atoms with Gasteiger partial charge in [0.05, 0.1) is 0 Å². The van der Waals surface area contributed by atoms with Crippen molar-refractivity contribution in [2.45, 2.75) is 6.54 Å². The molecule has 0 spiro atoms. The van der Waals surface area contributed by atoms with Crippen molar-refractivity contribution in [3.05, 3.63) is 70.3 Å². The summed E-state index contributed by atoms with van der Waals surface area (Å²) in [6, 6.07) is 12.6. The Bertz CT molecular complexity index is 930. The Labute approximate surface area is 139 Å². The lowest BCUT2D eigenvalue weighted by Crippen LogP contribution is -2.26. The average Bonchev–Trinajstić information content (AvgIpc) is 2.60. The van der Waals surface area contributed by atoms with E-state index >= 15 is 0 Å². The third kappa shape index (κ3) is 3.27. The standard InChI is InChI=1S/C18H18N4O2/c1-22(2)16-8-7-12(10-19-16)11-20-18(24)15-9-13-5-3-4-6-14(13)17(23)21-15/h3-10H,11H2,1-2H3,(H,20,24)(H,21,23). The van der Waals surface area contributed by atoms with Gasteiger partial charge in [-0.05, 0) is 29.1 Å².